The van der Waals surface area contributed by atoms with Crippen molar-refractivity contribution in [2.24, 2.45) is 5.16 Å². The fourth-order valence-corrected chi connectivity index (χ4v) is 3.60. The van der Waals surface area contributed by atoms with E-state index in [1.807, 2.05) is 60.7 Å². The summed E-state index contributed by atoms with van der Waals surface area (Å²) in [4.78, 5) is 3.08. The van der Waals surface area contributed by atoms with E-state index in [0.29, 0.717) is 0 Å². The van der Waals surface area contributed by atoms with Crippen molar-refractivity contribution in [1.29, 1.82) is 0 Å². The molecule has 3 nitrogen and oxygen atoms in total. The van der Waals surface area contributed by atoms with E-state index in [1.54, 1.807) is 0 Å². The molecule has 0 saturated heterocycles. The lowest BCUT2D eigenvalue weighted by molar-refractivity contribution is 0.367. The Morgan fingerprint density at radius 1 is 0.913 bits per heavy atom. The second-order valence-electron chi connectivity index (χ2n) is 5.09. The molecule has 2 heterocycles. The third-order valence-corrected chi connectivity index (χ3v) is 4.84. The molecule has 4 rings (SSSR count). The third-order valence-electron chi connectivity index (χ3n) is 3.61. The zero-order valence-corrected chi connectivity index (χ0v) is 13.7. The number of para-hydroxylation sites is 1. The zero-order chi connectivity index (χ0) is 15.6. The van der Waals surface area contributed by atoms with Gasteiger partial charge in [-0.25, -0.2) is 0 Å². The van der Waals surface area contributed by atoms with Crippen LogP contribution in [-0.2, 0) is 4.76 Å². The van der Waals surface area contributed by atoms with E-state index in [0.717, 1.165) is 26.2 Å². The number of hydrogen-bond donors (Lipinski definition) is 0. The third kappa shape index (κ3) is 2.73. The van der Waals surface area contributed by atoms with Crippen LogP contribution in [0.15, 0.2) is 78.0 Å². The molecule has 0 saturated carbocycles. The molecule has 2 aromatic carbocycles. The van der Waals surface area contributed by atoms with Gasteiger partial charge in [-0.05, 0) is 29.7 Å². The normalized spacial score (nSPS) is 13.9. The van der Waals surface area contributed by atoms with E-state index >= 15 is 0 Å². The highest BCUT2D eigenvalue weighted by Crippen LogP contribution is 2.29. The minimum Gasteiger partial charge on any atom is -0.432 e. The van der Waals surface area contributed by atoms with Crippen LogP contribution in [-0.4, -0.2) is 12.9 Å². The van der Waals surface area contributed by atoms with Crippen LogP contribution in [0, 0.1) is 0 Å². The first-order valence-corrected chi connectivity index (χ1v) is 8.41. The minimum atomic E-state index is -0.283. The Bertz CT molecular complexity index is 838. The predicted molar refractivity (Wildman–Crippen MR) is 97.7 cm³/mol. The molecule has 0 radical (unpaired) electrons. The van der Waals surface area contributed by atoms with Crippen molar-refractivity contribution in [1.82, 2.24) is 0 Å². The Balaban J connectivity index is 1.78. The van der Waals surface area contributed by atoms with Gasteiger partial charge in [-0.1, -0.05) is 65.3 Å². The molecular formula is C17H12BClN2OS. The van der Waals surface area contributed by atoms with Crippen molar-refractivity contribution in [3.63, 3.8) is 0 Å². The summed E-state index contributed by atoms with van der Waals surface area (Å²) in [6, 6.07) is 24.0. The number of thiophene rings is 1. The molecule has 0 unspecified atom stereocenters. The first-order chi connectivity index (χ1) is 11.3. The smallest absolute Gasteiger partial charge is 0.432 e. The molecule has 0 aliphatic carbocycles. The summed E-state index contributed by atoms with van der Waals surface area (Å²) in [5.74, 6) is 0.780. The fourth-order valence-electron chi connectivity index (χ4n) is 2.57. The van der Waals surface area contributed by atoms with Gasteiger partial charge in [-0.3, -0.25) is 0 Å². The average molecular weight is 339 g/mol. The summed E-state index contributed by atoms with van der Waals surface area (Å²) in [5.41, 5.74) is 2.08. The first kappa shape index (κ1) is 14.4. The Morgan fingerprint density at radius 2 is 1.61 bits per heavy atom. The van der Waals surface area contributed by atoms with Gasteiger partial charge in [-0.15, -0.1) is 11.3 Å². The van der Waals surface area contributed by atoms with Crippen LogP contribution in [0.25, 0.3) is 0 Å². The lowest BCUT2D eigenvalue weighted by Crippen LogP contribution is -2.48. The van der Waals surface area contributed by atoms with Gasteiger partial charge in [-0.2, -0.15) is 0 Å². The SMILES string of the molecule is Clc1ccc(C2=NOB(c3ccccc3)N2c2ccccc2)s1. The number of rotatable bonds is 3. The number of halogens is 1. The van der Waals surface area contributed by atoms with Crippen LogP contribution < -0.4 is 10.3 Å². The predicted octanol–water partition coefficient (Wildman–Crippen LogP) is 4.00. The lowest BCUT2D eigenvalue weighted by atomic mass is 9.71. The van der Waals surface area contributed by atoms with Gasteiger partial charge in [0.05, 0.1) is 9.21 Å². The van der Waals surface area contributed by atoms with Gasteiger partial charge in [0, 0.05) is 5.69 Å². The highest BCUT2D eigenvalue weighted by Gasteiger charge is 2.40. The summed E-state index contributed by atoms with van der Waals surface area (Å²) < 4.78 is 6.49. The summed E-state index contributed by atoms with van der Waals surface area (Å²) in [7, 11) is -0.283. The van der Waals surface area contributed by atoms with E-state index in [1.165, 1.54) is 11.3 Å². The van der Waals surface area contributed by atoms with Gasteiger partial charge in [0.1, 0.15) is 0 Å². The number of hydrogen-bond acceptors (Lipinski definition) is 4. The quantitative estimate of drug-likeness (QED) is 0.674. The second kappa shape index (κ2) is 6.10. The number of nitrogens with zero attached hydrogens (tertiary/aromatic N) is 2. The van der Waals surface area contributed by atoms with Crippen LogP contribution in [0.3, 0.4) is 0 Å². The molecule has 1 aliphatic heterocycles. The zero-order valence-electron chi connectivity index (χ0n) is 12.1. The summed E-state index contributed by atoms with van der Waals surface area (Å²) in [5, 5.41) is 4.33. The maximum Gasteiger partial charge on any atom is 0.550 e. The van der Waals surface area contributed by atoms with Crippen molar-refractivity contribution in [3.05, 3.63) is 82.0 Å². The largest absolute Gasteiger partial charge is 0.550 e. The lowest BCUT2D eigenvalue weighted by Gasteiger charge is -2.22. The fraction of sp³-hybridized carbons (Fsp3) is 0. The molecule has 6 heteroatoms. The van der Waals surface area contributed by atoms with Gasteiger partial charge in [0.2, 0.25) is 0 Å². The highest BCUT2D eigenvalue weighted by atomic mass is 35.5. The highest BCUT2D eigenvalue weighted by molar-refractivity contribution is 7.18. The van der Waals surface area contributed by atoms with Gasteiger partial charge >= 0.3 is 7.05 Å². The molecule has 0 fully saturated rings. The standard InChI is InChI=1S/C17H12BClN2OS/c19-16-12-11-15(23-16)17-20-22-18(13-7-3-1-4-8-13)21(17)14-9-5-2-6-10-14/h1-12H. The van der Waals surface area contributed by atoms with Crippen molar-refractivity contribution in [3.8, 4) is 0 Å². The van der Waals surface area contributed by atoms with Gasteiger partial charge < -0.3 is 9.57 Å². The van der Waals surface area contributed by atoms with E-state index < -0.39 is 0 Å². The maximum absolute atomic E-state index is 6.09. The van der Waals surface area contributed by atoms with Crippen molar-refractivity contribution in [2.45, 2.75) is 0 Å². The molecule has 0 spiro atoms. The number of anilines is 1. The van der Waals surface area contributed by atoms with Crippen LogP contribution >= 0.6 is 22.9 Å². The number of oxime groups is 1. The molecule has 1 aliphatic rings. The molecule has 112 valence electrons. The van der Waals surface area contributed by atoms with E-state index in [2.05, 4.69) is 22.1 Å². The van der Waals surface area contributed by atoms with E-state index in [9.17, 15) is 0 Å². The maximum atomic E-state index is 6.09. The van der Waals surface area contributed by atoms with Crippen molar-refractivity contribution >= 4 is 47.0 Å². The molecule has 0 N–H and O–H groups in total. The van der Waals surface area contributed by atoms with Crippen LogP contribution in [0.1, 0.15) is 4.88 Å². The Kier molecular flexibility index (Phi) is 3.81. The Hall–Kier alpha value is -2.24. The molecule has 0 amide bonds. The summed E-state index contributed by atoms with van der Waals surface area (Å²) in [6.45, 7) is 0. The first-order valence-electron chi connectivity index (χ1n) is 7.22. The summed E-state index contributed by atoms with van der Waals surface area (Å²) in [6.07, 6.45) is 0. The van der Waals surface area contributed by atoms with Crippen molar-refractivity contribution in [2.75, 3.05) is 4.81 Å². The number of benzene rings is 2. The monoisotopic (exact) mass is 338 g/mol. The number of amidine groups is 1. The Labute approximate surface area is 143 Å². The van der Waals surface area contributed by atoms with Crippen LogP contribution in [0.5, 0.6) is 0 Å². The van der Waals surface area contributed by atoms with Gasteiger partial charge in [0.15, 0.2) is 5.84 Å². The molecule has 0 atom stereocenters. The van der Waals surface area contributed by atoms with E-state index in [4.69, 9.17) is 16.4 Å². The summed E-state index contributed by atoms with van der Waals surface area (Å²) >= 11 is 7.58. The topological polar surface area (TPSA) is 24.8 Å². The van der Waals surface area contributed by atoms with E-state index in [-0.39, 0.29) is 7.05 Å². The molecular weight excluding hydrogens is 327 g/mol. The Morgan fingerprint density at radius 3 is 2.26 bits per heavy atom. The molecule has 0 bridgehead atoms. The minimum absolute atomic E-state index is 0.283. The van der Waals surface area contributed by atoms with Crippen molar-refractivity contribution < 1.29 is 4.76 Å². The average Bonchev–Trinajstić information content (AvgIpc) is 3.22. The van der Waals surface area contributed by atoms with Gasteiger partial charge in [0.25, 0.3) is 0 Å². The molecule has 3 aromatic rings. The second-order valence-corrected chi connectivity index (χ2v) is 6.81. The molecule has 1 aromatic heterocycles. The van der Waals surface area contributed by atoms with Crippen LogP contribution in [0.2, 0.25) is 4.34 Å². The molecule has 23 heavy (non-hydrogen) atoms. The van der Waals surface area contributed by atoms with Crippen LogP contribution in [0.4, 0.5) is 5.69 Å².